The van der Waals surface area contributed by atoms with Crippen molar-refractivity contribution in [2.45, 2.75) is 18.6 Å². The van der Waals surface area contributed by atoms with Gasteiger partial charge in [0.05, 0.1) is 22.6 Å². The number of benzene rings is 2. The molecule has 1 N–H and O–H groups in total. The topological polar surface area (TPSA) is 62.7 Å². The number of hydrogen-bond acceptors (Lipinski definition) is 4. The van der Waals surface area contributed by atoms with Crippen LogP contribution in [0.3, 0.4) is 0 Å². The van der Waals surface area contributed by atoms with E-state index in [9.17, 15) is 14.3 Å². The number of likely N-dealkylation sites (tertiary alicyclic amines) is 1. The number of piperidine rings is 1. The number of pyridine rings is 1. The number of halogens is 2. The Labute approximate surface area is 166 Å². The van der Waals surface area contributed by atoms with Gasteiger partial charge in [0.25, 0.3) is 5.91 Å². The third-order valence-electron chi connectivity index (χ3n) is 4.85. The van der Waals surface area contributed by atoms with Crippen LogP contribution in [0.15, 0.2) is 54.7 Å². The number of carbonyl (C=O) groups excluding carboxylic acids is 1. The molecular weight excluding hydrogens is 383 g/mol. The summed E-state index contributed by atoms with van der Waals surface area (Å²) in [5.41, 5.74) is 0.764. The lowest BCUT2D eigenvalue weighted by Crippen LogP contribution is -2.51. The van der Waals surface area contributed by atoms with E-state index in [-0.39, 0.29) is 17.1 Å². The van der Waals surface area contributed by atoms with Crippen LogP contribution in [0, 0.1) is 5.82 Å². The van der Waals surface area contributed by atoms with Crippen LogP contribution in [0.4, 0.5) is 4.39 Å². The lowest BCUT2D eigenvalue weighted by molar-refractivity contribution is -0.0199. The highest BCUT2D eigenvalue weighted by Gasteiger charge is 2.33. The van der Waals surface area contributed by atoms with E-state index in [0.29, 0.717) is 18.7 Å². The van der Waals surface area contributed by atoms with Gasteiger partial charge in [-0.3, -0.25) is 9.78 Å². The zero-order valence-electron chi connectivity index (χ0n) is 14.9. The number of aliphatic hydroxyl groups excluding tert-OH is 1. The van der Waals surface area contributed by atoms with Crippen molar-refractivity contribution in [3.8, 4) is 5.75 Å². The van der Waals surface area contributed by atoms with Crippen LogP contribution >= 0.6 is 11.6 Å². The van der Waals surface area contributed by atoms with Gasteiger partial charge < -0.3 is 14.7 Å². The second kappa shape index (κ2) is 7.73. The van der Waals surface area contributed by atoms with Crippen molar-refractivity contribution in [3.05, 3.63) is 71.1 Å². The van der Waals surface area contributed by atoms with E-state index in [1.807, 2.05) is 24.3 Å². The second-order valence-electron chi connectivity index (χ2n) is 6.72. The lowest BCUT2D eigenvalue weighted by Gasteiger charge is -2.36. The highest BCUT2D eigenvalue weighted by atomic mass is 35.5. The van der Waals surface area contributed by atoms with Crippen molar-refractivity contribution < 1.29 is 19.0 Å². The smallest absolute Gasteiger partial charge is 0.256 e. The molecule has 3 aromatic rings. The standard InChI is InChI=1S/C21H18ClFN2O3/c22-16-5-1-4-15(20(16)23)21(27)25-10-8-19(18(26)12-25)28-14-6-7-17-13(11-14)3-2-9-24-17/h1-7,9,11,18-19,26H,8,10,12H2/t18-,19-/m1/s1. The summed E-state index contributed by atoms with van der Waals surface area (Å²) in [5, 5.41) is 11.3. The molecule has 4 rings (SSSR count). The minimum absolute atomic E-state index is 0.0601. The molecule has 2 atom stereocenters. The number of fused-ring (bicyclic) bond motifs is 1. The second-order valence-corrected chi connectivity index (χ2v) is 7.13. The Bertz CT molecular complexity index is 1030. The van der Waals surface area contributed by atoms with E-state index in [1.54, 1.807) is 12.3 Å². The SMILES string of the molecule is O=C(c1cccc(Cl)c1F)N1CC[C@@H](Oc2ccc3ncccc3c2)[C@H](O)C1. The molecule has 1 aliphatic heterocycles. The molecule has 28 heavy (non-hydrogen) atoms. The number of ether oxygens (including phenoxy) is 1. The quantitative estimate of drug-likeness (QED) is 0.728. The molecule has 7 heteroatoms. The van der Waals surface area contributed by atoms with Gasteiger partial charge in [-0.15, -0.1) is 0 Å². The Morgan fingerprint density at radius 1 is 1.25 bits per heavy atom. The number of hydrogen-bond donors (Lipinski definition) is 1. The van der Waals surface area contributed by atoms with Crippen molar-refractivity contribution in [2.75, 3.05) is 13.1 Å². The average molecular weight is 401 g/mol. The van der Waals surface area contributed by atoms with Crippen LogP contribution in [0.5, 0.6) is 5.75 Å². The zero-order valence-corrected chi connectivity index (χ0v) is 15.6. The maximum Gasteiger partial charge on any atom is 0.256 e. The fourth-order valence-corrected chi connectivity index (χ4v) is 3.55. The van der Waals surface area contributed by atoms with E-state index < -0.39 is 23.9 Å². The largest absolute Gasteiger partial charge is 0.488 e. The summed E-state index contributed by atoms with van der Waals surface area (Å²) in [6.07, 6.45) is 0.814. The van der Waals surface area contributed by atoms with Crippen molar-refractivity contribution in [3.63, 3.8) is 0 Å². The molecule has 1 aromatic heterocycles. The van der Waals surface area contributed by atoms with Crippen LogP contribution in [0.2, 0.25) is 5.02 Å². The van der Waals surface area contributed by atoms with Gasteiger partial charge in [0.15, 0.2) is 5.82 Å². The van der Waals surface area contributed by atoms with Gasteiger partial charge in [-0.2, -0.15) is 0 Å². The number of β-amino-alcohol motifs (C(OH)–C–C–N with tert-alkyl or cyclic N) is 1. The molecule has 2 heterocycles. The fourth-order valence-electron chi connectivity index (χ4n) is 3.37. The molecule has 144 valence electrons. The Morgan fingerprint density at radius 3 is 2.93 bits per heavy atom. The van der Waals surface area contributed by atoms with Crippen molar-refractivity contribution in [1.29, 1.82) is 0 Å². The minimum Gasteiger partial charge on any atom is -0.488 e. The third kappa shape index (κ3) is 3.66. The molecular formula is C21H18ClFN2O3. The van der Waals surface area contributed by atoms with E-state index >= 15 is 0 Å². The molecule has 0 bridgehead atoms. The first-order valence-electron chi connectivity index (χ1n) is 8.96. The summed E-state index contributed by atoms with van der Waals surface area (Å²) in [5.74, 6) is -0.605. The van der Waals surface area contributed by atoms with Crippen LogP contribution < -0.4 is 4.74 Å². The molecule has 0 saturated carbocycles. The predicted molar refractivity (Wildman–Crippen MR) is 104 cm³/mol. The van der Waals surface area contributed by atoms with Crippen LogP contribution in [0.25, 0.3) is 10.9 Å². The van der Waals surface area contributed by atoms with Crippen LogP contribution in [-0.2, 0) is 0 Å². The fraction of sp³-hybridized carbons (Fsp3) is 0.238. The highest BCUT2D eigenvalue weighted by molar-refractivity contribution is 6.31. The van der Waals surface area contributed by atoms with Gasteiger partial charge in [0, 0.05) is 24.5 Å². The van der Waals surface area contributed by atoms with Crippen LogP contribution in [0.1, 0.15) is 16.8 Å². The van der Waals surface area contributed by atoms with Gasteiger partial charge >= 0.3 is 0 Å². The molecule has 0 spiro atoms. The maximum atomic E-state index is 14.1. The monoisotopic (exact) mass is 400 g/mol. The number of aliphatic hydroxyl groups is 1. The lowest BCUT2D eigenvalue weighted by atomic mass is 10.0. The summed E-state index contributed by atoms with van der Waals surface area (Å²) in [6.45, 7) is 0.409. The first kappa shape index (κ1) is 18.7. The van der Waals surface area contributed by atoms with E-state index in [2.05, 4.69) is 4.98 Å². The van der Waals surface area contributed by atoms with E-state index in [0.717, 1.165) is 10.9 Å². The molecule has 0 aliphatic carbocycles. The van der Waals surface area contributed by atoms with Crippen LogP contribution in [-0.4, -0.2) is 46.2 Å². The summed E-state index contributed by atoms with van der Waals surface area (Å²) < 4.78 is 20.1. The molecule has 0 unspecified atom stereocenters. The predicted octanol–water partition coefficient (Wildman–Crippen LogP) is 3.68. The van der Waals surface area contributed by atoms with Gasteiger partial charge in [0.2, 0.25) is 0 Å². The van der Waals surface area contributed by atoms with Gasteiger partial charge in [-0.05, 0) is 36.4 Å². The molecule has 1 saturated heterocycles. The first-order chi connectivity index (χ1) is 13.5. The average Bonchev–Trinajstić information content (AvgIpc) is 2.71. The minimum atomic E-state index is -0.885. The maximum absolute atomic E-state index is 14.1. The summed E-state index contributed by atoms with van der Waals surface area (Å²) in [7, 11) is 0. The van der Waals surface area contributed by atoms with Gasteiger partial charge in [0.1, 0.15) is 18.0 Å². The third-order valence-corrected chi connectivity index (χ3v) is 5.14. The number of amides is 1. The van der Waals surface area contributed by atoms with Crippen molar-refractivity contribution in [2.24, 2.45) is 0 Å². The van der Waals surface area contributed by atoms with Gasteiger partial charge in [-0.1, -0.05) is 23.7 Å². The molecule has 1 amide bonds. The Hall–Kier alpha value is -2.70. The summed E-state index contributed by atoms with van der Waals surface area (Å²) in [4.78, 5) is 18.3. The summed E-state index contributed by atoms with van der Waals surface area (Å²) >= 11 is 5.76. The highest BCUT2D eigenvalue weighted by Crippen LogP contribution is 2.25. The van der Waals surface area contributed by atoms with E-state index in [1.165, 1.54) is 23.1 Å². The number of nitrogens with zero attached hydrogens (tertiary/aromatic N) is 2. The normalized spacial score (nSPS) is 19.6. The molecule has 0 radical (unpaired) electrons. The molecule has 2 aromatic carbocycles. The zero-order chi connectivity index (χ0) is 19.7. The van der Waals surface area contributed by atoms with Crippen molar-refractivity contribution in [1.82, 2.24) is 9.88 Å². The van der Waals surface area contributed by atoms with Gasteiger partial charge in [-0.25, -0.2) is 4.39 Å². The molecule has 1 fully saturated rings. The Kier molecular flexibility index (Phi) is 5.15. The van der Waals surface area contributed by atoms with Crippen molar-refractivity contribution >= 4 is 28.4 Å². The van der Waals surface area contributed by atoms with E-state index in [4.69, 9.17) is 16.3 Å². The molecule has 5 nitrogen and oxygen atoms in total. The number of rotatable bonds is 3. The number of carbonyl (C=O) groups is 1. The summed E-state index contributed by atoms with van der Waals surface area (Å²) in [6, 6.07) is 13.6. The first-order valence-corrected chi connectivity index (χ1v) is 9.33. The Morgan fingerprint density at radius 2 is 2.11 bits per heavy atom. The Balaban J connectivity index is 1.44. The molecule has 1 aliphatic rings. The number of aromatic nitrogens is 1.